The Bertz CT molecular complexity index is 573. The van der Waals surface area contributed by atoms with Gasteiger partial charge in [0.15, 0.2) is 0 Å². The van der Waals surface area contributed by atoms with E-state index in [1.807, 2.05) is 12.1 Å². The Morgan fingerprint density at radius 2 is 1.72 bits per heavy atom. The van der Waals surface area contributed by atoms with E-state index in [2.05, 4.69) is 25.2 Å². The van der Waals surface area contributed by atoms with E-state index in [1.165, 1.54) is 63.4 Å². The smallest absolute Gasteiger partial charge is 0.123 e. The van der Waals surface area contributed by atoms with E-state index in [4.69, 9.17) is 0 Å². The van der Waals surface area contributed by atoms with Crippen molar-refractivity contribution in [2.75, 3.05) is 0 Å². The number of benzene rings is 1. The van der Waals surface area contributed by atoms with Gasteiger partial charge in [-0.2, -0.15) is 0 Å². The number of rotatable bonds is 7. The molecule has 0 amide bonds. The van der Waals surface area contributed by atoms with Crippen LogP contribution >= 0.6 is 0 Å². The summed E-state index contributed by atoms with van der Waals surface area (Å²) in [7, 11) is 0. The summed E-state index contributed by atoms with van der Waals surface area (Å²) in [6.45, 7) is 2.29. The molecule has 3 rings (SSSR count). The highest BCUT2D eigenvalue weighted by atomic mass is 19.1. The predicted molar refractivity (Wildman–Crippen MR) is 106 cm³/mol. The van der Waals surface area contributed by atoms with Gasteiger partial charge in [0.2, 0.25) is 0 Å². The number of hydrogen-bond donors (Lipinski definition) is 0. The summed E-state index contributed by atoms with van der Waals surface area (Å²) in [6, 6.07) is 6.88. The van der Waals surface area contributed by atoms with E-state index >= 15 is 0 Å². The van der Waals surface area contributed by atoms with E-state index in [1.54, 1.807) is 12.1 Å². The van der Waals surface area contributed by atoms with Gasteiger partial charge in [-0.05, 0) is 60.3 Å². The fraction of sp³-hybridized carbons (Fsp3) is 0.583. The minimum atomic E-state index is -0.159. The van der Waals surface area contributed by atoms with Crippen LogP contribution in [-0.2, 0) is 0 Å². The van der Waals surface area contributed by atoms with E-state index in [0.29, 0.717) is 5.92 Å². The molecule has 1 aromatic rings. The summed E-state index contributed by atoms with van der Waals surface area (Å²) in [5.41, 5.74) is 2.38. The number of unbranched alkanes of at least 4 members (excludes halogenated alkanes) is 3. The van der Waals surface area contributed by atoms with Gasteiger partial charge in [0.05, 0.1) is 0 Å². The van der Waals surface area contributed by atoms with E-state index in [0.717, 1.165) is 23.8 Å². The van der Waals surface area contributed by atoms with Crippen LogP contribution in [0.3, 0.4) is 0 Å². The van der Waals surface area contributed by atoms with Crippen LogP contribution in [0.1, 0.15) is 76.7 Å². The van der Waals surface area contributed by atoms with Gasteiger partial charge in [0.25, 0.3) is 0 Å². The summed E-state index contributed by atoms with van der Waals surface area (Å²) in [5, 5.41) is 0. The lowest BCUT2D eigenvalue weighted by atomic mass is 9.72. The van der Waals surface area contributed by atoms with Crippen LogP contribution in [0.2, 0.25) is 0 Å². The maximum Gasteiger partial charge on any atom is 0.123 e. The van der Waals surface area contributed by atoms with Crippen LogP contribution in [0.15, 0.2) is 42.5 Å². The Morgan fingerprint density at radius 3 is 2.36 bits per heavy atom. The molecule has 0 nitrogen and oxygen atoms in total. The van der Waals surface area contributed by atoms with Crippen molar-refractivity contribution in [3.63, 3.8) is 0 Å². The van der Waals surface area contributed by atoms with Crippen molar-refractivity contribution in [1.29, 1.82) is 0 Å². The van der Waals surface area contributed by atoms with Gasteiger partial charge < -0.3 is 0 Å². The average Bonchev–Trinajstić information content (AvgIpc) is 2.67. The first-order valence-corrected chi connectivity index (χ1v) is 10.4. The third-order valence-electron chi connectivity index (χ3n) is 6.27. The van der Waals surface area contributed by atoms with Gasteiger partial charge >= 0.3 is 0 Å². The van der Waals surface area contributed by atoms with E-state index in [-0.39, 0.29) is 5.82 Å². The van der Waals surface area contributed by atoms with Crippen LogP contribution in [-0.4, -0.2) is 0 Å². The molecule has 0 radical (unpaired) electrons. The molecule has 0 spiro atoms. The number of hydrogen-bond acceptors (Lipinski definition) is 0. The first kappa shape index (κ1) is 18.4. The third-order valence-corrected chi connectivity index (χ3v) is 6.27. The lowest BCUT2D eigenvalue weighted by Crippen LogP contribution is -2.21. The van der Waals surface area contributed by atoms with E-state index in [9.17, 15) is 4.39 Å². The molecule has 0 heterocycles. The monoisotopic (exact) mass is 340 g/mol. The molecule has 25 heavy (non-hydrogen) atoms. The van der Waals surface area contributed by atoms with Crippen molar-refractivity contribution in [2.24, 2.45) is 17.8 Å². The molecule has 1 unspecified atom stereocenters. The molecule has 1 fully saturated rings. The Hall–Kier alpha value is -1.37. The molecule has 1 aromatic carbocycles. The van der Waals surface area contributed by atoms with Crippen LogP contribution in [0.4, 0.5) is 4.39 Å². The van der Waals surface area contributed by atoms with Crippen molar-refractivity contribution in [2.45, 2.75) is 71.1 Å². The van der Waals surface area contributed by atoms with E-state index < -0.39 is 0 Å². The minimum absolute atomic E-state index is 0.159. The third kappa shape index (κ3) is 5.30. The van der Waals surface area contributed by atoms with Gasteiger partial charge in [-0.3, -0.25) is 0 Å². The Kier molecular flexibility index (Phi) is 6.90. The minimum Gasteiger partial charge on any atom is -0.207 e. The number of allylic oxidation sites excluding steroid dienone is 4. The lowest BCUT2D eigenvalue weighted by molar-refractivity contribution is 0.218. The molecule has 136 valence electrons. The Labute approximate surface area is 153 Å². The maximum atomic E-state index is 13.1. The molecule has 1 saturated carbocycles. The van der Waals surface area contributed by atoms with Crippen molar-refractivity contribution in [3.8, 4) is 0 Å². The largest absolute Gasteiger partial charge is 0.207 e. The molecule has 1 heteroatoms. The van der Waals surface area contributed by atoms with Crippen molar-refractivity contribution >= 4 is 5.57 Å². The first-order valence-electron chi connectivity index (χ1n) is 10.4. The Morgan fingerprint density at radius 1 is 0.960 bits per heavy atom. The molecule has 0 aliphatic heterocycles. The zero-order valence-corrected chi connectivity index (χ0v) is 15.7. The second kappa shape index (κ2) is 9.36. The standard InChI is InChI=1S/C24H33F/c1-2-3-4-5-6-19-7-9-20(10-8-19)21-11-13-22(14-12-21)23-15-17-24(25)18-16-23/h11,13-21H,2-10,12H2,1H3/t19-,20-,21?. The second-order valence-corrected chi connectivity index (χ2v) is 8.06. The summed E-state index contributed by atoms with van der Waals surface area (Å²) < 4.78 is 13.1. The van der Waals surface area contributed by atoms with Gasteiger partial charge in [-0.15, -0.1) is 0 Å². The highest BCUT2D eigenvalue weighted by molar-refractivity contribution is 5.74. The zero-order valence-electron chi connectivity index (χ0n) is 15.7. The molecule has 2 aliphatic carbocycles. The number of halogens is 1. The quantitative estimate of drug-likeness (QED) is 0.449. The fourth-order valence-electron chi connectivity index (χ4n) is 4.61. The normalized spacial score (nSPS) is 26.5. The SMILES string of the molecule is CCCCCC[C@H]1CC[C@H](C2C=CC(c3ccc(F)cc3)=CC2)CC1. The van der Waals surface area contributed by atoms with Crippen molar-refractivity contribution < 1.29 is 4.39 Å². The van der Waals surface area contributed by atoms with Crippen LogP contribution in [0.25, 0.3) is 5.57 Å². The van der Waals surface area contributed by atoms with Gasteiger partial charge in [0, 0.05) is 0 Å². The molecular formula is C24H33F. The highest BCUT2D eigenvalue weighted by Crippen LogP contribution is 2.39. The molecule has 0 saturated heterocycles. The zero-order chi connectivity index (χ0) is 17.5. The molecule has 0 bridgehead atoms. The Balaban J connectivity index is 1.43. The van der Waals surface area contributed by atoms with Crippen LogP contribution in [0.5, 0.6) is 0 Å². The average molecular weight is 341 g/mol. The topological polar surface area (TPSA) is 0 Å². The predicted octanol–water partition coefficient (Wildman–Crippen LogP) is 7.56. The van der Waals surface area contributed by atoms with Crippen molar-refractivity contribution in [3.05, 3.63) is 53.9 Å². The lowest BCUT2D eigenvalue weighted by Gasteiger charge is -2.33. The molecule has 2 aliphatic rings. The van der Waals surface area contributed by atoms with Gasteiger partial charge in [0.1, 0.15) is 5.82 Å². The maximum absolute atomic E-state index is 13.1. The fourth-order valence-corrected chi connectivity index (χ4v) is 4.61. The molecule has 1 atom stereocenters. The summed E-state index contributed by atoms with van der Waals surface area (Å²) in [4.78, 5) is 0. The first-order chi connectivity index (χ1) is 12.3. The highest BCUT2D eigenvalue weighted by Gasteiger charge is 2.26. The van der Waals surface area contributed by atoms with Crippen LogP contribution < -0.4 is 0 Å². The van der Waals surface area contributed by atoms with Crippen LogP contribution in [0, 0.1) is 23.6 Å². The molecule has 0 N–H and O–H groups in total. The van der Waals surface area contributed by atoms with Gasteiger partial charge in [-0.25, -0.2) is 4.39 Å². The second-order valence-electron chi connectivity index (χ2n) is 8.06. The van der Waals surface area contributed by atoms with Gasteiger partial charge in [-0.1, -0.05) is 82.2 Å². The van der Waals surface area contributed by atoms with Crippen molar-refractivity contribution in [1.82, 2.24) is 0 Å². The summed E-state index contributed by atoms with van der Waals surface area (Å²) in [6.07, 6.45) is 21.0. The molecular weight excluding hydrogens is 307 g/mol. The molecule has 0 aromatic heterocycles. The summed E-state index contributed by atoms with van der Waals surface area (Å²) in [5.74, 6) is 2.42. The summed E-state index contributed by atoms with van der Waals surface area (Å²) >= 11 is 0.